The Morgan fingerprint density at radius 3 is 2.58 bits per heavy atom. The van der Waals surface area contributed by atoms with Crippen LogP contribution in [0.3, 0.4) is 0 Å². The van der Waals surface area contributed by atoms with Crippen LogP contribution in [0.1, 0.15) is 31.4 Å². The number of nitrogens with one attached hydrogen (secondary N) is 1. The third kappa shape index (κ3) is 6.88. The van der Waals surface area contributed by atoms with E-state index in [2.05, 4.69) is 10.1 Å². The highest BCUT2D eigenvalue weighted by atomic mass is 35.5. The molecule has 26 heavy (non-hydrogen) atoms. The number of carbonyl (C=O) groups is 3. The molecule has 1 rings (SSSR count). The topological polar surface area (TPSA) is 81.7 Å². The Labute approximate surface area is 158 Å². The normalized spacial score (nSPS) is 13.1. The van der Waals surface area contributed by atoms with Crippen molar-refractivity contribution in [1.82, 2.24) is 5.32 Å². The standard InChI is InChI=1S/C19H24ClNO5/c1-5-12(2)18(19(24)25-4)21-16(22)11-26-17(23)9-8-14-7-6-13(3)15(20)10-14/h6-10,12,18H,5,11H2,1-4H3,(H,21,22)/b9-8+/t12-,18-/m0/s1. The van der Waals surface area contributed by atoms with Gasteiger partial charge in [-0.2, -0.15) is 0 Å². The number of amides is 1. The number of aryl methyl sites for hydroxylation is 1. The second-order valence-electron chi connectivity index (χ2n) is 5.90. The molecule has 0 aromatic heterocycles. The molecule has 1 aromatic carbocycles. The molecule has 0 saturated heterocycles. The molecule has 2 atom stereocenters. The molecule has 0 heterocycles. The fourth-order valence-electron chi connectivity index (χ4n) is 2.07. The molecule has 7 heteroatoms. The molecule has 142 valence electrons. The Morgan fingerprint density at radius 1 is 1.31 bits per heavy atom. The highest BCUT2D eigenvalue weighted by molar-refractivity contribution is 6.31. The summed E-state index contributed by atoms with van der Waals surface area (Å²) in [6.45, 7) is 5.11. The highest BCUT2D eigenvalue weighted by Gasteiger charge is 2.26. The Morgan fingerprint density at radius 2 is 2.00 bits per heavy atom. The van der Waals surface area contributed by atoms with Crippen molar-refractivity contribution in [2.45, 2.75) is 33.2 Å². The zero-order valence-electron chi connectivity index (χ0n) is 15.4. The minimum Gasteiger partial charge on any atom is -0.467 e. The molecule has 0 unspecified atom stereocenters. The molecule has 0 spiro atoms. The number of esters is 2. The van der Waals surface area contributed by atoms with Crippen LogP contribution in [0.5, 0.6) is 0 Å². The van der Waals surface area contributed by atoms with Crippen molar-refractivity contribution in [3.8, 4) is 0 Å². The zero-order valence-corrected chi connectivity index (χ0v) is 16.1. The Bertz CT molecular complexity index is 687. The van der Waals surface area contributed by atoms with E-state index in [-0.39, 0.29) is 5.92 Å². The van der Waals surface area contributed by atoms with E-state index in [9.17, 15) is 14.4 Å². The van der Waals surface area contributed by atoms with Gasteiger partial charge >= 0.3 is 11.9 Å². The summed E-state index contributed by atoms with van der Waals surface area (Å²) >= 11 is 6.01. The summed E-state index contributed by atoms with van der Waals surface area (Å²) in [6, 6.07) is 4.59. The van der Waals surface area contributed by atoms with Crippen LogP contribution in [-0.2, 0) is 23.9 Å². The van der Waals surface area contributed by atoms with Gasteiger partial charge in [0.05, 0.1) is 7.11 Å². The first kappa shape index (κ1) is 21.7. The first-order valence-electron chi connectivity index (χ1n) is 8.26. The van der Waals surface area contributed by atoms with E-state index < -0.39 is 30.5 Å². The lowest BCUT2D eigenvalue weighted by Crippen LogP contribution is -2.47. The lowest BCUT2D eigenvalue weighted by atomic mass is 9.99. The van der Waals surface area contributed by atoms with Crippen molar-refractivity contribution in [2.75, 3.05) is 13.7 Å². The Balaban J connectivity index is 2.54. The van der Waals surface area contributed by atoms with Crippen LogP contribution < -0.4 is 5.32 Å². The zero-order chi connectivity index (χ0) is 19.7. The molecule has 1 aromatic rings. The minimum absolute atomic E-state index is 0.103. The number of hydrogen-bond acceptors (Lipinski definition) is 5. The van der Waals surface area contributed by atoms with Crippen LogP contribution in [0.15, 0.2) is 24.3 Å². The fraction of sp³-hybridized carbons (Fsp3) is 0.421. The number of benzene rings is 1. The summed E-state index contributed by atoms with van der Waals surface area (Å²) in [4.78, 5) is 35.4. The van der Waals surface area contributed by atoms with Gasteiger partial charge in [0.2, 0.25) is 0 Å². The van der Waals surface area contributed by atoms with Crippen LogP contribution in [-0.4, -0.2) is 37.6 Å². The molecular weight excluding hydrogens is 358 g/mol. The van der Waals surface area contributed by atoms with E-state index in [0.29, 0.717) is 11.4 Å². The van der Waals surface area contributed by atoms with E-state index in [0.717, 1.165) is 11.1 Å². The van der Waals surface area contributed by atoms with Crippen molar-refractivity contribution >= 4 is 35.5 Å². The molecule has 1 N–H and O–H groups in total. The van der Waals surface area contributed by atoms with Gasteiger partial charge in [-0.3, -0.25) is 4.79 Å². The van der Waals surface area contributed by atoms with Gasteiger partial charge in [0, 0.05) is 11.1 Å². The molecule has 1 amide bonds. The van der Waals surface area contributed by atoms with Gasteiger partial charge in [-0.1, -0.05) is 44.0 Å². The predicted molar refractivity (Wildman–Crippen MR) is 99.6 cm³/mol. The van der Waals surface area contributed by atoms with Gasteiger partial charge in [0.15, 0.2) is 6.61 Å². The van der Waals surface area contributed by atoms with Crippen molar-refractivity contribution in [3.05, 3.63) is 40.4 Å². The molecule has 0 aliphatic rings. The number of hydrogen-bond donors (Lipinski definition) is 1. The van der Waals surface area contributed by atoms with Crippen molar-refractivity contribution in [1.29, 1.82) is 0 Å². The maximum atomic E-state index is 11.9. The number of ether oxygens (including phenoxy) is 2. The maximum absolute atomic E-state index is 11.9. The van der Waals surface area contributed by atoms with E-state index in [1.54, 1.807) is 12.1 Å². The number of methoxy groups -OCH3 is 1. The second kappa shape index (κ2) is 10.6. The van der Waals surface area contributed by atoms with Gasteiger partial charge in [-0.05, 0) is 36.1 Å². The first-order chi connectivity index (χ1) is 12.3. The predicted octanol–water partition coefficient (Wildman–Crippen LogP) is 2.91. The third-order valence-electron chi connectivity index (χ3n) is 3.94. The van der Waals surface area contributed by atoms with E-state index in [1.807, 2.05) is 32.9 Å². The number of rotatable bonds is 8. The monoisotopic (exact) mass is 381 g/mol. The molecular formula is C19H24ClNO5. The average Bonchev–Trinajstić information content (AvgIpc) is 2.64. The molecule has 0 bridgehead atoms. The number of carbonyl (C=O) groups excluding carboxylic acids is 3. The maximum Gasteiger partial charge on any atom is 0.331 e. The van der Waals surface area contributed by atoms with Crippen molar-refractivity contribution in [2.24, 2.45) is 5.92 Å². The van der Waals surface area contributed by atoms with Crippen LogP contribution in [0.4, 0.5) is 0 Å². The van der Waals surface area contributed by atoms with Crippen LogP contribution in [0.2, 0.25) is 5.02 Å². The van der Waals surface area contributed by atoms with E-state index in [1.165, 1.54) is 13.2 Å². The molecule has 0 aliphatic heterocycles. The quantitative estimate of drug-likeness (QED) is 0.553. The summed E-state index contributed by atoms with van der Waals surface area (Å²) in [5.74, 6) is -1.88. The molecule has 0 fully saturated rings. The third-order valence-corrected chi connectivity index (χ3v) is 4.35. The number of halogens is 1. The summed E-state index contributed by atoms with van der Waals surface area (Å²) in [5.41, 5.74) is 1.68. The van der Waals surface area contributed by atoms with Crippen LogP contribution >= 0.6 is 11.6 Å². The molecule has 0 radical (unpaired) electrons. The van der Waals surface area contributed by atoms with Crippen molar-refractivity contribution < 1.29 is 23.9 Å². The summed E-state index contributed by atoms with van der Waals surface area (Å²) in [5, 5.41) is 3.13. The van der Waals surface area contributed by atoms with E-state index in [4.69, 9.17) is 16.3 Å². The van der Waals surface area contributed by atoms with E-state index >= 15 is 0 Å². The summed E-state index contributed by atoms with van der Waals surface area (Å²) in [6.07, 6.45) is 3.43. The summed E-state index contributed by atoms with van der Waals surface area (Å²) in [7, 11) is 1.26. The summed E-state index contributed by atoms with van der Waals surface area (Å²) < 4.78 is 9.57. The van der Waals surface area contributed by atoms with Crippen molar-refractivity contribution in [3.63, 3.8) is 0 Å². The van der Waals surface area contributed by atoms with Crippen LogP contribution in [0, 0.1) is 12.8 Å². The largest absolute Gasteiger partial charge is 0.467 e. The second-order valence-corrected chi connectivity index (χ2v) is 6.31. The van der Waals surface area contributed by atoms with Gasteiger partial charge < -0.3 is 14.8 Å². The lowest BCUT2D eigenvalue weighted by molar-refractivity contribution is -0.148. The smallest absolute Gasteiger partial charge is 0.331 e. The van der Waals surface area contributed by atoms with Gasteiger partial charge in [-0.15, -0.1) is 0 Å². The Kier molecular flexibility index (Phi) is 8.85. The molecule has 0 saturated carbocycles. The van der Waals surface area contributed by atoms with Gasteiger partial charge in [0.25, 0.3) is 5.91 Å². The van der Waals surface area contributed by atoms with Gasteiger partial charge in [0.1, 0.15) is 6.04 Å². The minimum atomic E-state index is -0.776. The molecule has 0 aliphatic carbocycles. The van der Waals surface area contributed by atoms with Crippen LogP contribution in [0.25, 0.3) is 6.08 Å². The average molecular weight is 382 g/mol. The lowest BCUT2D eigenvalue weighted by Gasteiger charge is -2.21. The fourth-order valence-corrected chi connectivity index (χ4v) is 2.26. The highest BCUT2D eigenvalue weighted by Crippen LogP contribution is 2.17. The first-order valence-corrected chi connectivity index (χ1v) is 8.64. The SMILES string of the molecule is CC[C@H](C)[C@H](NC(=O)COC(=O)/C=C/c1ccc(C)c(Cl)c1)C(=O)OC. The molecule has 6 nitrogen and oxygen atoms in total. The Hall–Kier alpha value is -2.34. The van der Waals surface area contributed by atoms with Gasteiger partial charge in [-0.25, -0.2) is 9.59 Å².